The highest BCUT2D eigenvalue weighted by atomic mass is 28.4. The molecule has 0 aromatic rings. The molecule has 1 rings (SSSR count). The van der Waals surface area contributed by atoms with Crippen molar-refractivity contribution in [1.29, 1.82) is 0 Å². The molecule has 0 saturated heterocycles. The highest BCUT2D eigenvalue weighted by molar-refractivity contribution is 6.71. The minimum Gasteiger partial charge on any atom is -0.517 e. The van der Waals surface area contributed by atoms with Crippen molar-refractivity contribution < 1.29 is 9.22 Å². The second-order valence-corrected chi connectivity index (χ2v) is 13.7. The number of unbranched alkanes of at least 4 members (excludes halogenated alkanes) is 7. The predicted octanol–water partition coefficient (Wildman–Crippen LogP) is 7.65. The zero-order valence-electron chi connectivity index (χ0n) is 18.0. The summed E-state index contributed by atoms with van der Waals surface area (Å²) in [5.74, 6) is 1.83. The van der Waals surface area contributed by atoms with E-state index in [0.717, 1.165) is 18.3 Å². The topological polar surface area (TPSA) is 26.3 Å². The summed E-state index contributed by atoms with van der Waals surface area (Å²) in [4.78, 5) is 11.7. The smallest absolute Gasteiger partial charge is 0.317 e. The molecule has 26 heavy (non-hydrogen) atoms. The molecular weight excluding hydrogens is 336 g/mol. The van der Waals surface area contributed by atoms with Crippen LogP contribution in [-0.2, 0) is 9.22 Å². The average molecular weight is 381 g/mol. The fraction of sp³-hybridized carbons (Fsp3) is 0.870. The number of hydrogen-bond acceptors (Lipinski definition) is 2. The molecule has 1 saturated carbocycles. The van der Waals surface area contributed by atoms with E-state index in [2.05, 4.69) is 6.92 Å². The summed E-state index contributed by atoms with van der Waals surface area (Å²) in [5, 5.41) is 0. The Bertz CT molecular complexity index is 398. The Hall–Kier alpha value is -0.573. The van der Waals surface area contributed by atoms with Gasteiger partial charge in [0, 0.05) is 6.08 Å². The summed E-state index contributed by atoms with van der Waals surface area (Å²) in [6, 6.07) is 0. The highest BCUT2D eigenvalue weighted by Gasteiger charge is 2.25. The summed E-state index contributed by atoms with van der Waals surface area (Å²) in [7, 11) is -1.74. The summed E-state index contributed by atoms with van der Waals surface area (Å²) in [5.41, 5.74) is 0. The molecule has 0 amide bonds. The molecule has 0 unspecified atom stereocenters. The molecule has 0 N–H and O–H groups in total. The zero-order chi connectivity index (χ0) is 19.3. The number of hydrogen-bond donors (Lipinski definition) is 0. The van der Waals surface area contributed by atoms with Gasteiger partial charge in [0.05, 0.1) is 0 Å². The molecule has 0 radical (unpaired) electrons. The molecule has 0 spiro atoms. The van der Waals surface area contributed by atoms with Gasteiger partial charge >= 0.3 is 5.97 Å². The van der Waals surface area contributed by atoms with Gasteiger partial charge in [0.25, 0.3) is 0 Å². The first-order chi connectivity index (χ1) is 12.4. The van der Waals surface area contributed by atoms with Crippen molar-refractivity contribution in [2.45, 2.75) is 116 Å². The van der Waals surface area contributed by atoms with E-state index in [9.17, 15) is 4.79 Å². The molecule has 3 heteroatoms. The van der Waals surface area contributed by atoms with Crippen LogP contribution in [0.5, 0.6) is 0 Å². The molecule has 152 valence electrons. The quantitative estimate of drug-likeness (QED) is 0.176. The second kappa shape index (κ2) is 13.6. The van der Waals surface area contributed by atoms with E-state index < -0.39 is 8.32 Å². The molecule has 1 aliphatic rings. The van der Waals surface area contributed by atoms with Crippen LogP contribution in [0.1, 0.15) is 96.8 Å². The standard InChI is InChI=1S/C23H44O2Si/c1-5-6-7-8-9-12-16-21-18-15-19-22(21)17-13-10-11-14-20-23(24)25-26(2,3)4/h14,20-22H,5-13,15-19H2,1-4H3/t21-,22-/m0/s1. The van der Waals surface area contributed by atoms with Gasteiger partial charge in [0.2, 0.25) is 8.32 Å². The maximum Gasteiger partial charge on any atom is 0.317 e. The molecule has 2 atom stereocenters. The lowest BCUT2D eigenvalue weighted by atomic mass is 9.87. The van der Waals surface area contributed by atoms with Crippen LogP contribution in [0.4, 0.5) is 0 Å². The second-order valence-electron chi connectivity index (χ2n) is 9.23. The maximum atomic E-state index is 11.7. The Morgan fingerprint density at radius 3 is 2.12 bits per heavy atom. The Kier molecular flexibility index (Phi) is 12.3. The first-order valence-electron chi connectivity index (χ1n) is 11.3. The fourth-order valence-electron chi connectivity index (χ4n) is 4.24. The minimum atomic E-state index is -1.74. The summed E-state index contributed by atoms with van der Waals surface area (Å²) in [6.45, 7) is 8.42. The van der Waals surface area contributed by atoms with Crippen molar-refractivity contribution in [3.63, 3.8) is 0 Å². The van der Waals surface area contributed by atoms with Crippen LogP contribution >= 0.6 is 0 Å². The predicted molar refractivity (Wildman–Crippen MR) is 116 cm³/mol. The van der Waals surface area contributed by atoms with Crippen LogP contribution in [0.2, 0.25) is 19.6 Å². The van der Waals surface area contributed by atoms with Crippen molar-refractivity contribution in [3.8, 4) is 0 Å². The van der Waals surface area contributed by atoms with Gasteiger partial charge in [-0.05, 0) is 44.3 Å². The Balaban J connectivity index is 2.07. The van der Waals surface area contributed by atoms with Gasteiger partial charge in [-0.3, -0.25) is 0 Å². The molecule has 2 nitrogen and oxygen atoms in total. The molecular formula is C23H44O2Si. The van der Waals surface area contributed by atoms with Crippen molar-refractivity contribution in [2.24, 2.45) is 11.8 Å². The van der Waals surface area contributed by atoms with Crippen molar-refractivity contribution in [1.82, 2.24) is 0 Å². The van der Waals surface area contributed by atoms with E-state index in [1.165, 1.54) is 83.5 Å². The van der Waals surface area contributed by atoms with E-state index in [0.29, 0.717) is 0 Å². The van der Waals surface area contributed by atoms with Gasteiger partial charge in [-0.25, -0.2) is 4.79 Å². The molecule has 0 bridgehead atoms. The third kappa shape index (κ3) is 11.9. The van der Waals surface area contributed by atoms with Crippen LogP contribution in [0, 0.1) is 11.8 Å². The number of carbonyl (C=O) groups is 1. The maximum absolute atomic E-state index is 11.7. The van der Waals surface area contributed by atoms with Crippen LogP contribution in [0.25, 0.3) is 0 Å². The van der Waals surface area contributed by atoms with Crippen LogP contribution < -0.4 is 0 Å². The number of rotatable bonds is 14. The lowest BCUT2D eigenvalue weighted by Gasteiger charge is -2.19. The van der Waals surface area contributed by atoms with Crippen LogP contribution in [-0.4, -0.2) is 14.3 Å². The number of carbonyl (C=O) groups excluding carboxylic acids is 1. The molecule has 0 aliphatic heterocycles. The van der Waals surface area contributed by atoms with Gasteiger partial charge in [0.15, 0.2) is 0 Å². The lowest BCUT2D eigenvalue weighted by Crippen LogP contribution is -2.28. The zero-order valence-corrected chi connectivity index (χ0v) is 19.0. The Labute approximate surface area is 164 Å². The van der Waals surface area contributed by atoms with Crippen molar-refractivity contribution in [3.05, 3.63) is 12.2 Å². The van der Waals surface area contributed by atoms with E-state index in [4.69, 9.17) is 4.43 Å². The fourth-order valence-corrected chi connectivity index (χ4v) is 4.92. The van der Waals surface area contributed by atoms with E-state index in [-0.39, 0.29) is 5.97 Å². The summed E-state index contributed by atoms with van der Waals surface area (Å²) in [6.07, 6.45) is 22.9. The van der Waals surface area contributed by atoms with Gasteiger partial charge in [0.1, 0.15) is 0 Å². The molecule has 0 heterocycles. The lowest BCUT2D eigenvalue weighted by molar-refractivity contribution is -0.129. The first-order valence-corrected chi connectivity index (χ1v) is 14.7. The van der Waals surface area contributed by atoms with Gasteiger partial charge in [-0.15, -0.1) is 0 Å². The number of allylic oxidation sites excluding steroid dienone is 1. The van der Waals surface area contributed by atoms with Gasteiger partial charge in [-0.2, -0.15) is 0 Å². The van der Waals surface area contributed by atoms with Crippen molar-refractivity contribution >= 4 is 14.3 Å². The first kappa shape index (κ1) is 23.5. The minimum absolute atomic E-state index is 0.154. The average Bonchev–Trinajstić information content (AvgIpc) is 2.99. The third-order valence-electron chi connectivity index (χ3n) is 5.60. The highest BCUT2D eigenvalue weighted by Crippen LogP contribution is 2.38. The Morgan fingerprint density at radius 1 is 0.923 bits per heavy atom. The van der Waals surface area contributed by atoms with E-state index >= 15 is 0 Å². The van der Waals surface area contributed by atoms with Crippen LogP contribution in [0.3, 0.4) is 0 Å². The summed E-state index contributed by atoms with van der Waals surface area (Å²) >= 11 is 0. The van der Waals surface area contributed by atoms with Crippen molar-refractivity contribution in [2.75, 3.05) is 0 Å². The molecule has 1 aliphatic carbocycles. The van der Waals surface area contributed by atoms with Gasteiger partial charge < -0.3 is 4.43 Å². The van der Waals surface area contributed by atoms with Crippen LogP contribution in [0.15, 0.2) is 12.2 Å². The van der Waals surface area contributed by atoms with E-state index in [1.807, 2.05) is 25.7 Å². The van der Waals surface area contributed by atoms with Gasteiger partial charge in [-0.1, -0.05) is 90.0 Å². The molecule has 0 aromatic heterocycles. The normalized spacial score (nSPS) is 20.8. The molecule has 1 fully saturated rings. The van der Waals surface area contributed by atoms with E-state index in [1.54, 1.807) is 6.08 Å². The third-order valence-corrected chi connectivity index (χ3v) is 6.41. The summed E-state index contributed by atoms with van der Waals surface area (Å²) < 4.78 is 5.42. The monoisotopic (exact) mass is 380 g/mol. The largest absolute Gasteiger partial charge is 0.517 e. The SMILES string of the molecule is CCCCCCCC[C@H]1CCC[C@@H]1CCCCC=CC(=O)O[Si](C)(C)C. The molecule has 0 aromatic carbocycles. The Morgan fingerprint density at radius 2 is 1.50 bits per heavy atom.